The summed E-state index contributed by atoms with van der Waals surface area (Å²) in [7, 11) is 0. The number of nitrogens with zero attached hydrogens (tertiary/aromatic N) is 4. The van der Waals surface area contributed by atoms with Crippen LogP contribution in [0.2, 0.25) is 0 Å². The summed E-state index contributed by atoms with van der Waals surface area (Å²) >= 11 is 0. The van der Waals surface area contributed by atoms with Crippen molar-refractivity contribution >= 4 is 36.1 Å². The molecule has 1 aromatic rings. The zero-order valence-electron chi connectivity index (χ0n) is 26.6. The number of rotatable bonds is 5. The summed E-state index contributed by atoms with van der Waals surface area (Å²) < 4.78 is 17.0. The maximum absolute atomic E-state index is 13.8. The number of carboxylic acid groups (broad SMARTS) is 1. The number of alkyl carbamates (subject to hydrolysis) is 1. The number of hydrogen-bond acceptors (Lipinski definition) is 9. The van der Waals surface area contributed by atoms with E-state index in [1.165, 1.54) is 18.5 Å². The lowest BCUT2D eigenvalue weighted by atomic mass is 9.70. The van der Waals surface area contributed by atoms with Crippen molar-refractivity contribution in [1.82, 2.24) is 20.0 Å². The van der Waals surface area contributed by atoms with Gasteiger partial charge in [-0.05, 0) is 80.2 Å². The number of aliphatic imine (C=N–C) groups is 1. The Morgan fingerprint density at radius 3 is 1.79 bits per heavy atom. The molecular formula is C28H45N5O9. The molecule has 1 aromatic heterocycles. The van der Waals surface area contributed by atoms with E-state index in [0.717, 1.165) is 4.68 Å². The molecule has 0 saturated carbocycles. The summed E-state index contributed by atoms with van der Waals surface area (Å²) in [5, 5.41) is 16.8. The fourth-order valence-corrected chi connectivity index (χ4v) is 3.55. The van der Waals surface area contributed by atoms with Crippen LogP contribution in [0.5, 0.6) is 0 Å². The number of aliphatic carboxylic acids is 1. The number of aromatic nitrogens is 2. The lowest BCUT2D eigenvalue weighted by Gasteiger charge is -2.42. The second kappa shape index (κ2) is 12.9. The van der Waals surface area contributed by atoms with E-state index in [2.05, 4.69) is 15.4 Å². The molecule has 0 aliphatic carbocycles. The number of ether oxygens (including phenoxy) is 3. The predicted octanol–water partition coefficient (Wildman–Crippen LogP) is 4.96. The van der Waals surface area contributed by atoms with Crippen molar-refractivity contribution in [3.63, 3.8) is 0 Å². The molecule has 1 atom stereocenters. The molecule has 0 unspecified atom stereocenters. The first kappa shape index (κ1) is 36.1. The van der Waals surface area contributed by atoms with Crippen LogP contribution in [0, 0.1) is 5.41 Å². The predicted molar refractivity (Wildman–Crippen MR) is 153 cm³/mol. The molecule has 1 rings (SSSR count). The highest BCUT2D eigenvalue weighted by Gasteiger charge is 2.51. The van der Waals surface area contributed by atoms with E-state index in [4.69, 9.17) is 14.2 Å². The van der Waals surface area contributed by atoms with Crippen molar-refractivity contribution < 1.29 is 43.3 Å². The molecule has 4 amide bonds. The zero-order chi connectivity index (χ0) is 32.9. The van der Waals surface area contributed by atoms with Gasteiger partial charge in [-0.25, -0.2) is 23.9 Å². The third-order valence-corrected chi connectivity index (χ3v) is 5.39. The van der Waals surface area contributed by atoms with Crippen LogP contribution in [0.4, 0.5) is 14.4 Å². The van der Waals surface area contributed by atoms with E-state index < -0.39 is 76.7 Å². The average molecular weight is 596 g/mol. The summed E-state index contributed by atoms with van der Waals surface area (Å²) in [4.78, 5) is 69.6. The van der Waals surface area contributed by atoms with E-state index in [9.17, 15) is 29.1 Å². The second-order valence-corrected chi connectivity index (χ2v) is 13.6. The van der Waals surface area contributed by atoms with Crippen LogP contribution in [-0.4, -0.2) is 78.2 Å². The van der Waals surface area contributed by atoms with Crippen molar-refractivity contribution in [2.75, 3.05) is 0 Å². The smallest absolute Gasteiger partial charge is 0.437 e. The van der Waals surface area contributed by atoms with Crippen LogP contribution in [0.25, 0.3) is 0 Å². The minimum absolute atomic E-state index is 0.470. The molecule has 0 saturated heterocycles. The van der Waals surface area contributed by atoms with E-state index in [-0.39, 0.29) is 0 Å². The molecular weight excluding hydrogens is 550 g/mol. The van der Waals surface area contributed by atoms with Gasteiger partial charge in [0.05, 0.1) is 0 Å². The molecule has 1 heterocycles. The van der Waals surface area contributed by atoms with Gasteiger partial charge in [0.1, 0.15) is 22.3 Å². The van der Waals surface area contributed by atoms with Crippen molar-refractivity contribution in [2.45, 2.75) is 118 Å². The van der Waals surface area contributed by atoms with E-state index in [0.29, 0.717) is 4.90 Å². The summed E-state index contributed by atoms with van der Waals surface area (Å²) in [5.41, 5.74) is -6.09. The third-order valence-electron chi connectivity index (χ3n) is 5.39. The maximum Gasteiger partial charge on any atom is 0.437 e. The zero-order valence-corrected chi connectivity index (χ0v) is 26.6. The molecule has 42 heavy (non-hydrogen) atoms. The van der Waals surface area contributed by atoms with Gasteiger partial charge in [-0.2, -0.15) is 10.00 Å². The highest BCUT2D eigenvalue weighted by atomic mass is 16.6. The Kier molecular flexibility index (Phi) is 11.1. The van der Waals surface area contributed by atoms with E-state index in [1.807, 2.05) is 0 Å². The largest absolute Gasteiger partial charge is 0.479 e. The van der Waals surface area contributed by atoms with Gasteiger partial charge in [0.25, 0.3) is 0 Å². The molecule has 0 spiro atoms. The van der Waals surface area contributed by atoms with E-state index in [1.54, 1.807) is 83.1 Å². The number of carbonyl (C=O) groups is 5. The summed E-state index contributed by atoms with van der Waals surface area (Å²) in [6.45, 7) is 19.2. The Hall–Kier alpha value is -3.97. The first-order chi connectivity index (χ1) is 18.8. The van der Waals surface area contributed by atoms with Crippen LogP contribution in [-0.2, 0) is 23.8 Å². The fourth-order valence-electron chi connectivity index (χ4n) is 3.55. The third kappa shape index (κ3) is 10.8. The number of carbonyl (C=O) groups excluding carboxylic acids is 4. The molecule has 0 aromatic carbocycles. The standard InChI is InChI=1S/C28H45N5O9/c1-24(2,3)28(19(35)36,31-22(38)41-26(7,8)9)15-14-18(34)33(23(39)42-27(10,11)12)20(32-17-13-16-29-32)30-21(37)40-25(4,5)6/h13,16-17H,14-15H2,1-12H3,(H,31,38)(H,35,36)/t28-/m0/s1. The monoisotopic (exact) mass is 595 g/mol. The molecule has 0 radical (unpaired) electrons. The minimum Gasteiger partial charge on any atom is -0.479 e. The summed E-state index contributed by atoms with van der Waals surface area (Å²) in [6, 6.07) is 1.47. The van der Waals surface area contributed by atoms with Crippen molar-refractivity contribution in [1.29, 1.82) is 0 Å². The van der Waals surface area contributed by atoms with Crippen LogP contribution in [0.15, 0.2) is 23.5 Å². The van der Waals surface area contributed by atoms with Gasteiger partial charge in [-0.3, -0.25) is 4.79 Å². The second-order valence-electron chi connectivity index (χ2n) is 13.6. The highest BCUT2D eigenvalue weighted by molar-refractivity contribution is 6.12. The van der Waals surface area contributed by atoms with Crippen LogP contribution < -0.4 is 5.32 Å². The van der Waals surface area contributed by atoms with Gasteiger partial charge in [-0.15, -0.1) is 4.99 Å². The van der Waals surface area contributed by atoms with Crippen LogP contribution >= 0.6 is 0 Å². The number of imide groups is 1. The average Bonchev–Trinajstić information content (AvgIpc) is 3.25. The Balaban J connectivity index is 3.65. The lowest BCUT2D eigenvalue weighted by Crippen LogP contribution is -2.63. The summed E-state index contributed by atoms with van der Waals surface area (Å²) in [5.74, 6) is -2.96. The molecule has 0 aliphatic heterocycles. The highest BCUT2D eigenvalue weighted by Crippen LogP contribution is 2.35. The number of nitrogens with one attached hydrogen (secondary N) is 1. The molecule has 0 bridgehead atoms. The van der Waals surface area contributed by atoms with Crippen LogP contribution in [0.1, 0.15) is 95.9 Å². The van der Waals surface area contributed by atoms with Gasteiger partial charge in [0, 0.05) is 18.8 Å². The van der Waals surface area contributed by atoms with Gasteiger partial charge < -0.3 is 24.6 Å². The molecule has 14 nitrogen and oxygen atoms in total. The first-order valence-corrected chi connectivity index (χ1v) is 13.4. The van der Waals surface area contributed by atoms with Gasteiger partial charge in [-0.1, -0.05) is 20.8 Å². The number of amides is 4. The van der Waals surface area contributed by atoms with Crippen molar-refractivity contribution in [2.24, 2.45) is 10.4 Å². The Bertz CT molecular complexity index is 1180. The van der Waals surface area contributed by atoms with Gasteiger partial charge >= 0.3 is 24.2 Å². The van der Waals surface area contributed by atoms with Crippen molar-refractivity contribution in [3.8, 4) is 0 Å². The summed E-state index contributed by atoms with van der Waals surface area (Å²) in [6.07, 6.45) is -1.70. The first-order valence-electron chi connectivity index (χ1n) is 13.4. The Morgan fingerprint density at radius 2 is 1.38 bits per heavy atom. The molecule has 0 fully saturated rings. The van der Waals surface area contributed by atoms with Crippen molar-refractivity contribution in [3.05, 3.63) is 18.5 Å². The fraction of sp³-hybridized carbons (Fsp3) is 0.679. The van der Waals surface area contributed by atoms with Gasteiger partial charge in [0.2, 0.25) is 11.9 Å². The molecule has 2 N–H and O–H groups in total. The molecule has 14 heteroatoms. The number of carboxylic acids is 1. The Morgan fingerprint density at radius 1 is 0.857 bits per heavy atom. The minimum atomic E-state index is -2.02. The Labute approximate surface area is 246 Å². The lowest BCUT2D eigenvalue weighted by molar-refractivity contribution is -0.151. The van der Waals surface area contributed by atoms with Gasteiger partial charge in [0.15, 0.2) is 0 Å². The molecule has 0 aliphatic rings. The van der Waals surface area contributed by atoms with Crippen LogP contribution in [0.3, 0.4) is 0 Å². The normalized spacial score (nSPS) is 14.3. The maximum atomic E-state index is 13.8. The number of hydrogen-bond donors (Lipinski definition) is 2. The topological polar surface area (TPSA) is 179 Å². The SMILES string of the molecule is CC(C)(C)OC(=O)N=C(N(C(=O)CC[C@](NC(=O)OC(C)(C)C)(C(=O)O)C(C)(C)C)C(=O)OC(C)(C)C)n1cccn1. The quantitative estimate of drug-likeness (QED) is 0.268. The molecule has 236 valence electrons. The van der Waals surface area contributed by atoms with E-state index >= 15 is 0 Å².